The predicted octanol–water partition coefficient (Wildman–Crippen LogP) is 5.19. The van der Waals surface area contributed by atoms with Crippen LogP contribution in [-0.4, -0.2) is 137 Å². The van der Waals surface area contributed by atoms with Crippen molar-refractivity contribution in [2.45, 2.75) is 173 Å². The Balaban J connectivity index is 1.49. The quantitative estimate of drug-likeness (QED) is 0.160. The van der Waals surface area contributed by atoms with Crippen molar-refractivity contribution in [3.8, 4) is 0 Å². The van der Waals surface area contributed by atoms with Gasteiger partial charge >= 0.3 is 5.97 Å². The fraction of sp³-hybridized carbons (Fsp3) is 0.760. The Labute approximate surface area is 380 Å². The fourth-order valence-corrected chi connectivity index (χ4v) is 11.0. The molecular formula is C50H77NO13. The van der Waals surface area contributed by atoms with Crippen molar-refractivity contribution in [3.63, 3.8) is 0 Å². The lowest BCUT2D eigenvalue weighted by molar-refractivity contribution is -0.265. The van der Waals surface area contributed by atoms with Gasteiger partial charge in [0.2, 0.25) is 5.79 Å². The monoisotopic (exact) mass is 900 g/mol. The number of carbonyl (C=O) groups is 4. The van der Waals surface area contributed by atoms with E-state index in [0.29, 0.717) is 56.9 Å². The maximum atomic E-state index is 14.3. The van der Waals surface area contributed by atoms with Crippen LogP contribution in [0.4, 0.5) is 0 Å². The number of amides is 1. The van der Waals surface area contributed by atoms with Crippen LogP contribution in [0.5, 0.6) is 0 Å². The van der Waals surface area contributed by atoms with Gasteiger partial charge in [-0.15, -0.1) is 0 Å². The topological polar surface area (TPSA) is 199 Å². The number of methoxy groups -OCH3 is 3. The predicted molar refractivity (Wildman–Crippen MR) is 239 cm³/mol. The Morgan fingerprint density at radius 3 is 2.25 bits per heavy atom. The Morgan fingerprint density at radius 1 is 0.828 bits per heavy atom. The van der Waals surface area contributed by atoms with E-state index in [1.807, 2.05) is 51.2 Å². The third kappa shape index (κ3) is 12.3. The highest BCUT2D eigenvalue weighted by Gasteiger charge is 2.55. The summed E-state index contributed by atoms with van der Waals surface area (Å²) in [5.74, 6) is -7.34. The first-order valence-corrected chi connectivity index (χ1v) is 23.6. The number of aliphatic hydroxyl groups excluding tert-OH is 3. The van der Waals surface area contributed by atoms with Gasteiger partial charge in [-0.05, 0) is 112 Å². The zero-order chi connectivity index (χ0) is 47.0. The number of ketones is 2. The number of fused-ring (bicyclic) bond motifs is 5. The summed E-state index contributed by atoms with van der Waals surface area (Å²) >= 11 is 0. The van der Waals surface area contributed by atoms with Crippen LogP contribution in [0.2, 0.25) is 0 Å². The van der Waals surface area contributed by atoms with Crippen LogP contribution >= 0.6 is 0 Å². The average molecular weight is 900 g/mol. The molecule has 4 heterocycles. The van der Waals surface area contributed by atoms with Crippen LogP contribution < -0.4 is 0 Å². The molecule has 64 heavy (non-hydrogen) atoms. The Bertz CT molecular complexity index is 1740. The van der Waals surface area contributed by atoms with Gasteiger partial charge in [0.1, 0.15) is 30.1 Å². The van der Waals surface area contributed by atoms with E-state index in [2.05, 4.69) is 0 Å². The number of hydrogen-bond acceptors (Lipinski definition) is 13. The molecule has 0 aromatic rings. The van der Waals surface area contributed by atoms with Gasteiger partial charge in [0.05, 0.1) is 30.5 Å². The third-order valence-electron chi connectivity index (χ3n) is 15.2. The lowest BCUT2D eigenvalue weighted by Crippen LogP contribution is -2.61. The van der Waals surface area contributed by atoms with Gasteiger partial charge < -0.3 is 49.0 Å². The fourth-order valence-electron chi connectivity index (χ4n) is 11.0. The van der Waals surface area contributed by atoms with Crippen molar-refractivity contribution in [3.05, 3.63) is 47.6 Å². The number of Topliss-reactive ketones (excluding diaryl/α,β-unsaturated/α-hetero) is 2. The summed E-state index contributed by atoms with van der Waals surface area (Å²) in [5, 5.41) is 45.5. The van der Waals surface area contributed by atoms with Crippen LogP contribution in [0.3, 0.4) is 0 Å². The average Bonchev–Trinajstić information content (AvgIpc) is 3.36. The maximum absolute atomic E-state index is 14.3. The highest BCUT2D eigenvalue weighted by atomic mass is 16.6. The number of ether oxygens (including phenoxy) is 5. The number of rotatable bonds is 5. The summed E-state index contributed by atoms with van der Waals surface area (Å²) in [6.45, 7) is 11.1. The van der Waals surface area contributed by atoms with E-state index < -0.39 is 84.1 Å². The van der Waals surface area contributed by atoms with Crippen LogP contribution in [0.1, 0.15) is 112 Å². The minimum Gasteiger partial charge on any atom is -0.460 e. The second-order valence-electron chi connectivity index (χ2n) is 19.8. The van der Waals surface area contributed by atoms with Crippen LogP contribution in [0.25, 0.3) is 0 Å². The van der Waals surface area contributed by atoms with Gasteiger partial charge in [-0.1, -0.05) is 64.2 Å². The van der Waals surface area contributed by atoms with E-state index in [0.717, 1.165) is 12.0 Å². The molecule has 5 aliphatic rings. The number of esters is 1. The molecule has 0 radical (unpaired) electrons. The van der Waals surface area contributed by atoms with Crippen LogP contribution in [-0.2, 0) is 42.9 Å². The molecule has 0 aromatic heterocycles. The molecule has 4 N–H and O–H groups in total. The number of allylic oxidation sites excluding steroid dienone is 6. The lowest BCUT2D eigenvalue weighted by Gasteiger charge is -2.43. The second kappa shape index (κ2) is 23.1. The van der Waals surface area contributed by atoms with E-state index in [4.69, 9.17) is 23.7 Å². The molecule has 360 valence electrons. The standard InChI is InChI=1S/C50H77NO13/c1-28-13-11-10-12-14-29(2)41(60-7)26-36-17-15-33(6)50(59,64-36)47(56)48(57)51-20-19-35-25-38(51)49(58)63-42(37(35)23-34-16-18-39(52)43(24-34)61-8)27-40(53)30(3)22-32(5)45(55)46(62-9)44(54)31(4)21-28/h10-14,22,28,30-31,33-39,41-46,52,54-55,59H,15-21,23-27H2,1-9H3/b12-10+,13-11+,29-14+,32-22+/t28-,30-,31-,33-,34+,35+,36+,37?,38+,39-,41+,42+,43-,44+,45-,46+,50-/m1/s1. The van der Waals surface area contributed by atoms with Crippen molar-refractivity contribution >= 4 is 23.4 Å². The molecule has 1 aliphatic carbocycles. The number of nitrogens with zero attached hydrogens (tertiary/aromatic N) is 1. The third-order valence-corrected chi connectivity index (χ3v) is 15.2. The molecule has 1 amide bonds. The molecule has 4 fully saturated rings. The van der Waals surface area contributed by atoms with Crippen molar-refractivity contribution in [1.82, 2.24) is 4.90 Å². The molecule has 14 nitrogen and oxygen atoms in total. The molecule has 3 saturated heterocycles. The smallest absolute Gasteiger partial charge is 0.329 e. The molecule has 14 heteroatoms. The SMILES string of the molecule is CO[C@H]1[C@@H](O)[C@H](C)C[C@H](C)/C=C/C=C/C=C(\C)[C@@H](OC)C[C@@H]2CC[C@@H](C)[C@@](O)(O2)C(=O)C(=O)N2CC[C@H]3C[C@H]2C(=O)O[C@@H](CC(=O)[C@H](C)/C=C(\C)[C@H]1O)C3C[C@@H]1CC[C@@H](O)[C@H](OC)C1. The first kappa shape index (κ1) is 51.9. The molecule has 1 saturated carbocycles. The van der Waals surface area contributed by atoms with Gasteiger partial charge in [-0.3, -0.25) is 14.4 Å². The highest BCUT2D eigenvalue weighted by molar-refractivity contribution is 6.39. The number of hydrogen-bond donors (Lipinski definition) is 4. The minimum absolute atomic E-state index is 0.0723. The molecule has 0 aromatic carbocycles. The molecule has 1 unspecified atom stereocenters. The summed E-state index contributed by atoms with van der Waals surface area (Å²) in [4.78, 5) is 58.2. The van der Waals surface area contributed by atoms with E-state index in [1.165, 1.54) is 12.0 Å². The number of aliphatic hydroxyl groups is 4. The largest absolute Gasteiger partial charge is 0.460 e. The second-order valence-corrected chi connectivity index (χ2v) is 19.8. The molecular weight excluding hydrogens is 823 g/mol. The Hall–Kier alpha value is -3.08. The van der Waals surface area contributed by atoms with Crippen molar-refractivity contribution < 1.29 is 63.3 Å². The Morgan fingerprint density at radius 2 is 1.56 bits per heavy atom. The zero-order valence-electron chi connectivity index (χ0n) is 39.6. The van der Waals surface area contributed by atoms with E-state index >= 15 is 0 Å². The molecule has 0 spiro atoms. The molecule has 4 aliphatic heterocycles. The van der Waals surface area contributed by atoms with E-state index in [-0.39, 0.29) is 60.9 Å². The summed E-state index contributed by atoms with van der Waals surface area (Å²) in [5.41, 5.74) is 1.35. The van der Waals surface area contributed by atoms with Gasteiger partial charge in [0.15, 0.2) is 0 Å². The van der Waals surface area contributed by atoms with Gasteiger partial charge in [0.25, 0.3) is 11.7 Å². The Kier molecular flexibility index (Phi) is 18.7. The summed E-state index contributed by atoms with van der Waals surface area (Å²) in [7, 11) is 4.61. The van der Waals surface area contributed by atoms with E-state index in [9.17, 15) is 39.6 Å². The number of carbonyl (C=O) groups excluding carboxylic acids is 4. The van der Waals surface area contributed by atoms with Crippen molar-refractivity contribution in [1.29, 1.82) is 0 Å². The zero-order valence-corrected chi connectivity index (χ0v) is 39.6. The first-order valence-electron chi connectivity index (χ1n) is 23.6. The van der Waals surface area contributed by atoms with Gasteiger partial charge in [-0.25, -0.2) is 4.79 Å². The first-order chi connectivity index (χ1) is 30.3. The van der Waals surface area contributed by atoms with Crippen molar-refractivity contribution in [2.75, 3.05) is 27.9 Å². The summed E-state index contributed by atoms with van der Waals surface area (Å²) in [6.07, 6.45) is 10.3. The highest BCUT2D eigenvalue weighted by Crippen LogP contribution is 2.44. The minimum atomic E-state index is -2.42. The molecule has 17 atom stereocenters. The van der Waals surface area contributed by atoms with Gasteiger partial charge in [-0.2, -0.15) is 0 Å². The number of piperidine rings is 1. The molecule has 5 rings (SSSR count). The van der Waals surface area contributed by atoms with Gasteiger partial charge in [0, 0.05) is 52.6 Å². The molecule has 5 bridgehead atoms. The normalized spacial score (nSPS) is 44.3. The van der Waals surface area contributed by atoms with Crippen molar-refractivity contribution in [2.24, 2.45) is 41.4 Å². The van der Waals surface area contributed by atoms with Crippen LogP contribution in [0.15, 0.2) is 47.6 Å². The van der Waals surface area contributed by atoms with Crippen LogP contribution in [0, 0.1) is 41.4 Å². The van der Waals surface area contributed by atoms with E-state index in [1.54, 1.807) is 41.1 Å². The summed E-state index contributed by atoms with van der Waals surface area (Å²) in [6, 6.07) is -1.11. The lowest BCUT2D eigenvalue weighted by atomic mass is 9.71. The maximum Gasteiger partial charge on any atom is 0.329 e. The summed E-state index contributed by atoms with van der Waals surface area (Å²) < 4.78 is 29.6.